The number of benzene rings is 1. The quantitative estimate of drug-likeness (QED) is 0.915. The van der Waals surface area contributed by atoms with Gasteiger partial charge in [-0.3, -0.25) is 4.79 Å². The lowest BCUT2D eigenvalue weighted by molar-refractivity contribution is 0.0761. The van der Waals surface area contributed by atoms with E-state index in [4.69, 9.17) is 5.73 Å². The van der Waals surface area contributed by atoms with E-state index in [0.29, 0.717) is 5.56 Å². The van der Waals surface area contributed by atoms with E-state index < -0.39 is 0 Å². The molecule has 5 nitrogen and oxygen atoms in total. The van der Waals surface area contributed by atoms with Crippen LogP contribution in [0.3, 0.4) is 0 Å². The third kappa shape index (κ3) is 3.13. The van der Waals surface area contributed by atoms with Gasteiger partial charge in [-0.1, -0.05) is 18.2 Å². The van der Waals surface area contributed by atoms with Crippen molar-refractivity contribution in [3.05, 3.63) is 48.3 Å². The molecule has 0 radical (unpaired) electrons. The Hall–Kier alpha value is -2.14. The van der Waals surface area contributed by atoms with Crippen LogP contribution in [0.25, 0.3) is 5.69 Å². The summed E-state index contributed by atoms with van der Waals surface area (Å²) in [5, 5.41) is 4.29. The van der Waals surface area contributed by atoms with Crippen LogP contribution in [-0.4, -0.2) is 39.7 Å². The predicted molar refractivity (Wildman–Crippen MR) is 81.3 cm³/mol. The number of amides is 1. The largest absolute Gasteiger partial charge is 0.338 e. The molecule has 1 amide bonds. The number of carbonyl (C=O) groups excluding carboxylic acids is 1. The monoisotopic (exact) mass is 284 g/mol. The zero-order valence-electron chi connectivity index (χ0n) is 12.0. The Labute approximate surface area is 124 Å². The van der Waals surface area contributed by atoms with Gasteiger partial charge < -0.3 is 10.6 Å². The Morgan fingerprint density at radius 2 is 2.00 bits per heavy atom. The van der Waals surface area contributed by atoms with E-state index in [1.807, 2.05) is 35.2 Å². The second-order valence-corrected chi connectivity index (χ2v) is 5.49. The van der Waals surface area contributed by atoms with Crippen LogP contribution < -0.4 is 5.73 Å². The number of carbonyl (C=O) groups is 1. The number of aromatic nitrogens is 2. The molecule has 0 aliphatic carbocycles. The van der Waals surface area contributed by atoms with Gasteiger partial charge in [-0.15, -0.1) is 0 Å². The number of rotatable bonds is 2. The molecule has 1 atom stereocenters. The lowest BCUT2D eigenvalue weighted by atomic mass is 10.1. The van der Waals surface area contributed by atoms with E-state index in [0.717, 1.165) is 38.0 Å². The fraction of sp³-hybridized carbons (Fsp3) is 0.375. The summed E-state index contributed by atoms with van der Waals surface area (Å²) >= 11 is 0. The first-order valence-corrected chi connectivity index (χ1v) is 7.39. The molecule has 110 valence electrons. The molecule has 3 rings (SSSR count). The molecular formula is C16H20N4O. The zero-order chi connectivity index (χ0) is 14.7. The summed E-state index contributed by atoms with van der Waals surface area (Å²) < 4.78 is 1.73. The summed E-state index contributed by atoms with van der Waals surface area (Å²) in [5.74, 6) is 0.0475. The molecule has 2 aromatic rings. The number of hydrogen-bond acceptors (Lipinski definition) is 3. The molecule has 0 bridgehead atoms. The van der Waals surface area contributed by atoms with Crippen molar-refractivity contribution in [2.45, 2.75) is 25.3 Å². The third-order valence-corrected chi connectivity index (χ3v) is 3.91. The molecule has 0 spiro atoms. The topological polar surface area (TPSA) is 64.2 Å². The summed E-state index contributed by atoms with van der Waals surface area (Å²) in [4.78, 5) is 14.4. The van der Waals surface area contributed by atoms with Crippen LogP contribution in [0.4, 0.5) is 0 Å². The highest BCUT2D eigenvalue weighted by atomic mass is 16.2. The van der Waals surface area contributed by atoms with Gasteiger partial charge in [-0.25, -0.2) is 4.68 Å². The fourth-order valence-corrected chi connectivity index (χ4v) is 2.66. The average molecular weight is 284 g/mol. The van der Waals surface area contributed by atoms with Gasteiger partial charge >= 0.3 is 0 Å². The molecule has 2 N–H and O–H groups in total. The summed E-state index contributed by atoms with van der Waals surface area (Å²) in [7, 11) is 0. The highest BCUT2D eigenvalue weighted by Crippen LogP contribution is 2.14. The van der Waals surface area contributed by atoms with Gasteiger partial charge in [0.15, 0.2) is 0 Å². The Morgan fingerprint density at radius 1 is 1.19 bits per heavy atom. The second-order valence-electron chi connectivity index (χ2n) is 5.49. The molecule has 1 aliphatic heterocycles. The van der Waals surface area contributed by atoms with Crippen molar-refractivity contribution < 1.29 is 4.79 Å². The number of nitrogens with zero attached hydrogens (tertiary/aromatic N) is 3. The highest BCUT2D eigenvalue weighted by molar-refractivity contribution is 5.93. The minimum absolute atomic E-state index is 0.0475. The van der Waals surface area contributed by atoms with E-state index in [2.05, 4.69) is 5.10 Å². The molecular weight excluding hydrogens is 264 g/mol. The molecule has 1 unspecified atom stereocenters. The van der Waals surface area contributed by atoms with Gasteiger partial charge in [0.1, 0.15) is 0 Å². The van der Waals surface area contributed by atoms with Crippen molar-refractivity contribution >= 4 is 5.91 Å². The van der Waals surface area contributed by atoms with Crippen molar-refractivity contribution in [2.24, 2.45) is 5.73 Å². The molecule has 1 aromatic carbocycles. The second kappa shape index (κ2) is 6.10. The van der Waals surface area contributed by atoms with Crippen LogP contribution >= 0.6 is 0 Å². The van der Waals surface area contributed by atoms with Crippen LogP contribution in [0, 0.1) is 0 Å². The first-order valence-electron chi connectivity index (χ1n) is 7.39. The lowest BCUT2D eigenvalue weighted by Crippen LogP contribution is -2.32. The maximum absolute atomic E-state index is 12.5. The van der Waals surface area contributed by atoms with Crippen LogP contribution in [0.1, 0.15) is 29.6 Å². The molecule has 2 heterocycles. The van der Waals surface area contributed by atoms with Crippen LogP contribution in [-0.2, 0) is 0 Å². The third-order valence-electron chi connectivity index (χ3n) is 3.91. The Morgan fingerprint density at radius 3 is 2.81 bits per heavy atom. The molecule has 1 fully saturated rings. The van der Waals surface area contributed by atoms with E-state index >= 15 is 0 Å². The minimum atomic E-state index is 0.0475. The van der Waals surface area contributed by atoms with Crippen LogP contribution in [0.2, 0.25) is 0 Å². The van der Waals surface area contributed by atoms with Crippen LogP contribution in [0.5, 0.6) is 0 Å². The van der Waals surface area contributed by atoms with Crippen molar-refractivity contribution in [2.75, 3.05) is 13.1 Å². The van der Waals surface area contributed by atoms with E-state index in [1.54, 1.807) is 17.1 Å². The minimum Gasteiger partial charge on any atom is -0.338 e. The van der Waals surface area contributed by atoms with Crippen molar-refractivity contribution in [1.82, 2.24) is 14.7 Å². The lowest BCUT2D eigenvalue weighted by Gasteiger charge is -2.19. The Kier molecular flexibility index (Phi) is 4.01. The van der Waals surface area contributed by atoms with Gasteiger partial charge in [-0.2, -0.15) is 5.10 Å². The van der Waals surface area contributed by atoms with E-state index in [1.165, 1.54) is 0 Å². The SMILES string of the molecule is NC1CCCN(C(=O)c2cnn(-c3ccccc3)c2)CC1. The summed E-state index contributed by atoms with van der Waals surface area (Å²) in [6, 6.07) is 10.0. The summed E-state index contributed by atoms with van der Waals surface area (Å²) in [6.45, 7) is 1.51. The first kappa shape index (κ1) is 13.8. The molecule has 5 heteroatoms. The average Bonchev–Trinajstić information content (AvgIpc) is 2.91. The standard InChI is InChI=1S/C16H20N4O/c17-14-5-4-9-19(10-8-14)16(21)13-11-18-20(12-13)15-6-2-1-3-7-15/h1-3,6-7,11-12,14H,4-5,8-10,17H2. The Bertz CT molecular complexity index is 608. The van der Waals surface area contributed by atoms with Gasteiger partial charge in [-0.05, 0) is 31.4 Å². The number of hydrogen-bond donors (Lipinski definition) is 1. The van der Waals surface area contributed by atoms with Crippen molar-refractivity contribution in [1.29, 1.82) is 0 Å². The number of para-hydroxylation sites is 1. The normalized spacial score (nSPS) is 19.3. The highest BCUT2D eigenvalue weighted by Gasteiger charge is 2.21. The van der Waals surface area contributed by atoms with Gasteiger partial charge in [0.05, 0.1) is 17.4 Å². The van der Waals surface area contributed by atoms with Crippen molar-refractivity contribution in [3.63, 3.8) is 0 Å². The summed E-state index contributed by atoms with van der Waals surface area (Å²) in [5.41, 5.74) is 7.55. The fourth-order valence-electron chi connectivity index (χ4n) is 2.66. The summed E-state index contributed by atoms with van der Waals surface area (Å²) in [6.07, 6.45) is 6.27. The molecule has 1 aromatic heterocycles. The predicted octanol–water partition coefficient (Wildman–Crippen LogP) is 1.83. The molecule has 21 heavy (non-hydrogen) atoms. The van der Waals surface area contributed by atoms with Gasteiger partial charge in [0.2, 0.25) is 0 Å². The smallest absolute Gasteiger partial charge is 0.257 e. The van der Waals surface area contributed by atoms with Gasteiger partial charge in [0, 0.05) is 25.3 Å². The number of likely N-dealkylation sites (tertiary alicyclic amines) is 1. The van der Waals surface area contributed by atoms with Gasteiger partial charge in [0.25, 0.3) is 5.91 Å². The molecule has 1 aliphatic rings. The number of nitrogens with two attached hydrogens (primary N) is 1. The van der Waals surface area contributed by atoms with Crippen LogP contribution in [0.15, 0.2) is 42.7 Å². The Balaban J connectivity index is 1.75. The maximum atomic E-state index is 12.5. The first-order chi connectivity index (χ1) is 10.2. The maximum Gasteiger partial charge on any atom is 0.257 e. The molecule has 0 saturated carbocycles. The van der Waals surface area contributed by atoms with E-state index in [-0.39, 0.29) is 11.9 Å². The van der Waals surface area contributed by atoms with Crippen molar-refractivity contribution in [3.8, 4) is 5.69 Å². The molecule has 1 saturated heterocycles. The zero-order valence-corrected chi connectivity index (χ0v) is 12.0. The van der Waals surface area contributed by atoms with E-state index in [9.17, 15) is 4.79 Å².